The maximum absolute atomic E-state index is 13.0. The summed E-state index contributed by atoms with van der Waals surface area (Å²) in [5, 5.41) is 5.69. The molecule has 0 N–H and O–H groups in total. The van der Waals surface area contributed by atoms with Crippen molar-refractivity contribution in [2.24, 2.45) is 12.0 Å². The van der Waals surface area contributed by atoms with Crippen LogP contribution in [-0.4, -0.2) is 47.6 Å². The maximum atomic E-state index is 13.0. The summed E-state index contributed by atoms with van der Waals surface area (Å²) in [5.41, 5.74) is 1.87. The van der Waals surface area contributed by atoms with Gasteiger partial charge < -0.3 is 0 Å². The second kappa shape index (κ2) is 8.00. The minimum Gasteiger partial charge on any atom is -0.290 e. The van der Waals surface area contributed by atoms with Crippen LogP contribution < -0.4 is 5.56 Å². The standard InChI is InChI=1S/C19H19ClN6O2S/c1-12-4-5-13(8-15(12)20)23-19-26(6-3-7-29-19)16(27)10-25-11-21-17-14(18(25)28)9-22-24(17)2/h4-5,8-9,11H,3,6-7,10H2,1-2H3. The summed E-state index contributed by atoms with van der Waals surface area (Å²) in [7, 11) is 1.72. The number of carbonyl (C=O) groups excluding carboxylic acids is 1. The van der Waals surface area contributed by atoms with E-state index in [1.165, 1.54) is 33.5 Å². The smallest absolute Gasteiger partial charge is 0.264 e. The van der Waals surface area contributed by atoms with Crippen molar-refractivity contribution in [1.29, 1.82) is 0 Å². The summed E-state index contributed by atoms with van der Waals surface area (Å²) < 4.78 is 2.84. The molecule has 0 bridgehead atoms. The molecule has 0 spiro atoms. The van der Waals surface area contributed by atoms with Gasteiger partial charge in [0, 0.05) is 24.4 Å². The average molecular weight is 431 g/mol. The highest BCUT2D eigenvalue weighted by atomic mass is 35.5. The van der Waals surface area contributed by atoms with Crippen LogP contribution in [-0.2, 0) is 18.4 Å². The molecule has 1 amide bonds. The lowest BCUT2D eigenvalue weighted by Gasteiger charge is -2.28. The van der Waals surface area contributed by atoms with Crippen LogP contribution in [0.4, 0.5) is 5.69 Å². The highest BCUT2D eigenvalue weighted by Gasteiger charge is 2.24. The van der Waals surface area contributed by atoms with Crippen molar-refractivity contribution in [2.75, 3.05) is 12.3 Å². The van der Waals surface area contributed by atoms with Gasteiger partial charge in [0.25, 0.3) is 5.56 Å². The highest BCUT2D eigenvalue weighted by Crippen LogP contribution is 2.26. The van der Waals surface area contributed by atoms with E-state index in [1.807, 2.05) is 19.1 Å². The summed E-state index contributed by atoms with van der Waals surface area (Å²) in [6.07, 6.45) is 3.72. The van der Waals surface area contributed by atoms with Crippen LogP contribution >= 0.6 is 23.4 Å². The van der Waals surface area contributed by atoms with E-state index in [9.17, 15) is 9.59 Å². The van der Waals surface area contributed by atoms with Crippen molar-refractivity contribution in [2.45, 2.75) is 19.9 Å². The molecule has 0 unspecified atom stereocenters. The van der Waals surface area contributed by atoms with Crippen LogP contribution in [0.3, 0.4) is 0 Å². The molecule has 1 fully saturated rings. The summed E-state index contributed by atoms with van der Waals surface area (Å²) in [6, 6.07) is 5.55. The van der Waals surface area contributed by atoms with E-state index in [4.69, 9.17) is 11.6 Å². The fourth-order valence-electron chi connectivity index (χ4n) is 3.06. The number of hydrogen-bond acceptors (Lipinski definition) is 6. The largest absolute Gasteiger partial charge is 0.290 e. The van der Waals surface area contributed by atoms with Crippen LogP contribution in [0.15, 0.2) is 40.5 Å². The number of benzene rings is 1. The van der Waals surface area contributed by atoms with Gasteiger partial charge in [0.2, 0.25) is 5.91 Å². The molecule has 0 aliphatic carbocycles. The lowest BCUT2D eigenvalue weighted by atomic mass is 10.2. The first-order chi connectivity index (χ1) is 13.9. The third-order valence-corrected chi connectivity index (χ3v) is 6.16. The molecule has 150 valence electrons. The Kier molecular flexibility index (Phi) is 5.42. The van der Waals surface area contributed by atoms with E-state index >= 15 is 0 Å². The molecule has 1 aliphatic rings. The zero-order valence-corrected chi connectivity index (χ0v) is 17.6. The fraction of sp³-hybridized carbons (Fsp3) is 0.316. The fourth-order valence-corrected chi connectivity index (χ4v) is 4.21. The molecule has 1 aromatic carbocycles. The normalized spacial score (nSPS) is 16.0. The van der Waals surface area contributed by atoms with Crippen molar-refractivity contribution in [3.63, 3.8) is 0 Å². The van der Waals surface area contributed by atoms with Crippen LogP contribution in [0.5, 0.6) is 0 Å². The zero-order valence-electron chi connectivity index (χ0n) is 16.0. The number of aryl methyl sites for hydroxylation is 2. The minimum atomic E-state index is -0.287. The monoisotopic (exact) mass is 430 g/mol. The highest BCUT2D eigenvalue weighted by molar-refractivity contribution is 8.13. The molecule has 1 saturated heterocycles. The number of rotatable bonds is 3. The Hall–Kier alpha value is -2.65. The van der Waals surface area contributed by atoms with Crippen LogP contribution in [0.25, 0.3) is 11.0 Å². The lowest BCUT2D eigenvalue weighted by Crippen LogP contribution is -2.42. The number of aromatic nitrogens is 4. The molecule has 29 heavy (non-hydrogen) atoms. The number of nitrogens with zero attached hydrogens (tertiary/aromatic N) is 6. The summed E-state index contributed by atoms with van der Waals surface area (Å²) in [4.78, 5) is 36.1. The van der Waals surface area contributed by atoms with Gasteiger partial charge in [0.1, 0.15) is 18.3 Å². The molecule has 0 radical (unpaired) electrons. The number of carbonyl (C=O) groups is 1. The van der Waals surface area contributed by atoms with Gasteiger partial charge in [-0.1, -0.05) is 29.4 Å². The van der Waals surface area contributed by atoms with Gasteiger partial charge in [-0.25, -0.2) is 9.98 Å². The van der Waals surface area contributed by atoms with Crippen molar-refractivity contribution >= 4 is 51.2 Å². The number of halogens is 1. The van der Waals surface area contributed by atoms with Crippen molar-refractivity contribution < 1.29 is 4.79 Å². The molecule has 0 atom stereocenters. The Morgan fingerprint density at radius 2 is 2.21 bits per heavy atom. The van der Waals surface area contributed by atoms with Gasteiger partial charge >= 0.3 is 0 Å². The Morgan fingerprint density at radius 3 is 3.00 bits per heavy atom. The van der Waals surface area contributed by atoms with E-state index < -0.39 is 0 Å². The van der Waals surface area contributed by atoms with Gasteiger partial charge in [-0.15, -0.1) is 0 Å². The van der Waals surface area contributed by atoms with Crippen molar-refractivity contribution in [3.8, 4) is 0 Å². The average Bonchev–Trinajstić information content (AvgIpc) is 3.09. The summed E-state index contributed by atoms with van der Waals surface area (Å²) in [6.45, 7) is 2.38. The molecule has 8 nitrogen and oxygen atoms in total. The van der Waals surface area contributed by atoms with Gasteiger partial charge in [0.05, 0.1) is 11.9 Å². The Labute approximate surface area is 176 Å². The van der Waals surface area contributed by atoms with E-state index in [1.54, 1.807) is 18.0 Å². The molecule has 4 rings (SSSR count). The molecule has 0 saturated carbocycles. The number of amides is 1. The first-order valence-electron chi connectivity index (χ1n) is 9.09. The first-order valence-corrected chi connectivity index (χ1v) is 10.5. The molecule has 10 heteroatoms. The quantitative estimate of drug-likeness (QED) is 0.637. The molecular formula is C19H19ClN6O2S. The second-order valence-corrected chi connectivity index (χ2v) is 8.23. The zero-order chi connectivity index (χ0) is 20.5. The molecule has 3 heterocycles. The Balaban J connectivity index is 1.61. The number of hydrogen-bond donors (Lipinski definition) is 0. The number of thioether (sulfide) groups is 1. The predicted molar refractivity (Wildman–Crippen MR) is 115 cm³/mol. The lowest BCUT2D eigenvalue weighted by molar-refractivity contribution is -0.128. The van der Waals surface area contributed by atoms with Crippen LogP contribution in [0.2, 0.25) is 5.02 Å². The first kappa shape index (κ1) is 19.7. The van der Waals surface area contributed by atoms with Gasteiger partial charge in [-0.2, -0.15) is 5.10 Å². The third kappa shape index (κ3) is 3.92. The molecule has 1 aliphatic heterocycles. The van der Waals surface area contributed by atoms with Gasteiger partial charge in [0.15, 0.2) is 10.8 Å². The topological polar surface area (TPSA) is 85.4 Å². The van der Waals surface area contributed by atoms with E-state index in [-0.39, 0.29) is 18.0 Å². The Bertz CT molecular complexity index is 1190. The maximum Gasteiger partial charge on any atom is 0.264 e. The van der Waals surface area contributed by atoms with Crippen LogP contribution in [0, 0.1) is 6.92 Å². The molecular weight excluding hydrogens is 412 g/mol. The SMILES string of the molecule is Cc1ccc(N=C2SCCCN2C(=O)Cn2cnc3c(cnn3C)c2=O)cc1Cl. The van der Waals surface area contributed by atoms with Gasteiger partial charge in [-0.3, -0.25) is 23.7 Å². The molecule has 3 aromatic rings. The Morgan fingerprint density at radius 1 is 1.38 bits per heavy atom. The van der Waals surface area contributed by atoms with Gasteiger partial charge in [-0.05, 0) is 31.0 Å². The third-order valence-electron chi connectivity index (χ3n) is 4.69. The van der Waals surface area contributed by atoms with Crippen molar-refractivity contribution in [1.82, 2.24) is 24.2 Å². The van der Waals surface area contributed by atoms with E-state index in [0.29, 0.717) is 33.5 Å². The van der Waals surface area contributed by atoms with E-state index in [0.717, 1.165) is 17.7 Å². The van der Waals surface area contributed by atoms with Crippen LogP contribution in [0.1, 0.15) is 12.0 Å². The second-order valence-electron chi connectivity index (χ2n) is 6.76. The number of amidine groups is 1. The van der Waals surface area contributed by atoms with Crippen molar-refractivity contribution in [3.05, 3.63) is 51.7 Å². The van der Waals surface area contributed by atoms with E-state index in [2.05, 4.69) is 15.1 Å². The predicted octanol–water partition coefficient (Wildman–Crippen LogP) is 2.75. The molecule has 2 aromatic heterocycles. The number of fused-ring (bicyclic) bond motifs is 1. The summed E-state index contributed by atoms with van der Waals surface area (Å²) >= 11 is 7.72. The number of aliphatic imine (C=N–C) groups is 1. The summed E-state index contributed by atoms with van der Waals surface area (Å²) in [5.74, 6) is 0.673. The minimum absolute atomic E-state index is 0.106.